The highest BCUT2D eigenvalue weighted by Crippen LogP contribution is 1.99. The zero-order valence-corrected chi connectivity index (χ0v) is 12.2. The van der Waals surface area contributed by atoms with Gasteiger partial charge in [-0.25, -0.2) is 4.79 Å². The van der Waals surface area contributed by atoms with Gasteiger partial charge in [0.2, 0.25) is 0 Å². The number of unbranched alkanes of at least 4 members (excludes halogenated alkanes) is 1. The fourth-order valence-electron chi connectivity index (χ4n) is 1.01. The lowest BCUT2D eigenvalue weighted by atomic mass is 10.1. The van der Waals surface area contributed by atoms with Crippen molar-refractivity contribution in [3.63, 3.8) is 0 Å². The summed E-state index contributed by atoms with van der Waals surface area (Å²) >= 11 is 0. The summed E-state index contributed by atoms with van der Waals surface area (Å²) in [4.78, 5) is 11.5. The number of esters is 1. The highest BCUT2D eigenvalue weighted by molar-refractivity contribution is 6.37. The molecule has 0 saturated carbocycles. The van der Waals surface area contributed by atoms with Gasteiger partial charge in [0, 0.05) is 12.5 Å². The highest BCUT2D eigenvalue weighted by atomic mass is 16.5. The third-order valence-electron chi connectivity index (χ3n) is 1.87. The van der Waals surface area contributed by atoms with E-state index in [4.69, 9.17) is 4.74 Å². The lowest BCUT2D eigenvalue weighted by molar-refractivity contribution is -0.135. The molecule has 0 rings (SSSR count). The van der Waals surface area contributed by atoms with Gasteiger partial charge in [-0.3, -0.25) is 0 Å². The third-order valence-corrected chi connectivity index (χ3v) is 1.87. The van der Waals surface area contributed by atoms with Crippen LogP contribution in [0.2, 0.25) is 0 Å². The van der Waals surface area contributed by atoms with Gasteiger partial charge in [0.25, 0.3) is 0 Å². The largest absolute Gasteiger partial charge is 0.461 e. The van der Waals surface area contributed by atoms with Crippen LogP contribution < -0.4 is 5.43 Å². The molecule has 0 spiro atoms. The first-order valence-electron chi connectivity index (χ1n) is 6.61. The average molecular weight is 244 g/mol. The van der Waals surface area contributed by atoms with Crippen molar-refractivity contribution in [2.24, 2.45) is 11.0 Å². The van der Waals surface area contributed by atoms with E-state index in [0.29, 0.717) is 12.3 Å². The maximum Gasteiger partial charge on any atom is 0.354 e. The van der Waals surface area contributed by atoms with Gasteiger partial charge in [0.05, 0.1) is 6.61 Å². The summed E-state index contributed by atoms with van der Waals surface area (Å²) in [5.74, 6) is -0.241. The van der Waals surface area contributed by atoms with Crippen molar-refractivity contribution in [3.8, 4) is 0 Å². The molecule has 0 unspecified atom stereocenters. The molecule has 0 atom stereocenters. The Balaban J connectivity index is 0. The third kappa shape index (κ3) is 9.85. The van der Waals surface area contributed by atoms with Crippen molar-refractivity contribution in [1.29, 1.82) is 0 Å². The smallest absolute Gasteiger partial charge is 0.354 e. The average Bonchev–Trinajstić information content (AvgIpc) is 2.31. The van der Waals surface area contributed by atoms with Crippen LogP contribution in [0.25, 0.3) is 0 Å². The maximum absolute atomic E-state index is 11.5. The van der Waals surface area contributed by atoms with Gasteiger partial charge in [-0.2, -0.15) is 5.10 Å². The molecule has 0 heterocycles. The van der Waals surface area contributed by atoms with Crippen LogP contribution in [0, 0.1) is 5.92 Å². The van der Waals surface area contributed by atoms with E-state index in [1.165, 1.54) is 0 Å². The van der Waals surface area contributed by atoms with Crippen LogP contribution in [0.4, 0.5) is 0 Å². The molecule has 102 valence electrons. The maximum atomic E-state index is 11.5. The highest BCUT2D eigenvalue weighted by Gasteiger charge is 2.16. The number of nitrogens with zero attached hydrogens (tertiary/aromatic N) is 1. The minimum atomic E-state index is -0.323. The summed E-state index contributed by atoms with van der Waals surface area (Å²) in [7, 11) is 0. The summed E-state index contributed by atoms with van der Waals surface area (Å²) in [6.45, 7) is 12.9. The van der Waals surface area contributed by atoms with E-state index >= 15 is 0 Å². The van der Waals surface area contributed by atoms with Crippen LogP contribution in [0.5, 0.6) is 0 Å². The number of carbonyl (C=O) groups is 1. The molecule has 0 aliphatic rings. The van der Waals surface area contributed by atoms with E-state index < -0.39 is 0 Å². The zero-order valence-electron chi connectivity index (χ0n) is 12.2. The quantitative estimate of drug-likeness (QED) is 0.324. The van der Waals surface area contributed by atoms with Crippen LogP contribution >= 0.6 is 0 Å². The molecule has 0 aliphatic carbocycles. The number of ether oxygens (including phenoxy) is 1. The van der Waals surface area contributed by atoms with E-state index in [-0.39, 0.29) is 11.9 Å². The minimum Gasteiger partial charge on any atom is -0.461 e. The summed E-state index contributed by atoms with van der Waals surface area (Å²) in [6.07, 6.45) is 2.16. The molecule has 0 fully saturated rings. The standard InChI is InChI=1S/C11H22N2O2.C2H6/c1-5-7-8-12-13-10(9(3)4)11(14)15-6-2;1-2/h9,12H,5-8H2,1-4H3;1-2H3/b13-10-;. The Morgan fingerprint density at radius 3 is 2.29 bits per heavy atom. The van der Waals surface area contributed by atoms with Crippen LogP contribution in [-0.4, -0.2) is 24.8 Å². The van der Waals surface area contributed by atoms with Gasteiger partial charge in [-0.15, -0.1) is 0 Å². The van der Waals surface area contributed by atoms with Crippen molar-refractivity contribution in [2.75, 3.05) is 13.2 Å². The first-order chi connectivity index (χ1) is 8.13. The fraction of sp³-hybridized carbons (Fsp3) is 0.846. The van der Waals surface area contributed by atoms with Crippen molar-refractivity contribution < 1.29 is 9.53 Å². The number of hydrogen-bond donors (Lipinski definition) is 1. The molecule has 0 aromatic carbocycles. The first kappa shape index (κ1) is 18.3. The predicted octanol–water partition coefficient (Wildman–Crippen LogP) is 2.98. The number of hydrazone groups is 1. The van der Waals surface area contributed by atoms with Crippen LogP contribution in [0.3, 0.4) is 0 Å². The summed E-state index contributed by atoms with van der Waals surface area (Å²) in [5.41, 5.74) is 3.36. The van der Waals surface area contributed by atoms with E-state index in [1.807, 2.05) is 27.7 Å². The number of hydrogen-bond acceptors (Lipinski definition) is 4. The summed E-state index contributed by atoms with van der Waals surface area (Å²) in [5, 5.41) is 4.07. The molecule has 0 aromatic heterocycles. The van der Waals surface area contributed by atoms with Crippen LogP contribution in [0.1, 0.15) is 54.4 Å². The second kappa shape index (κ2) is 13.0. The Bertz CT molecular complexity index is 213. The topological polar surface area (TPSA) is 50.7 Å². The van der Waals surface area contributed by atoms with Gasteiger partial charge in [0.15, 0.2) is 0 Å². The minimum absolute atomic E-state index is 0.0816. The Morgan fingerprint density at radius 2 is 1.88 bits per heavy atom. The monoisotopic (exact) mass is 244 g/mol. The SMILES string of the molecule is CC.CCCCN/N=C(\C(=O)OCC)C(C)C. The van der Waals surface area contributed by atoms with Gasteiger partial charge >= 0.3 is 5.97 Å². The van der Waals surface area contributed by atoms with E-state index in [2.05, 4.69) is 17.5 Å². The van der Waals surface area contributed by atoms with Gasteiger partial charge in [-0.05, 0) is 13.3 Å². The van der Waals surface area contributed by atoms with E-state index in [9.17, 15) is 4.79 Å². The number of carbonyl (C=O) groups excluding carboxylic acids is 1. The molecule has 17 heavy (non-hydrogen) atoms. The number of rotatable bonds is 7. The molecule has 0 bridgehead atoms. The van der Waals surface area contributed by atoms with Crippen molar-refractivity contribution in [2.45, 2.75) is 54.4 Å². The Kier molecular flexibility index (Phi) is 14.0. The first-order valence-corrected chi connectivity index (χ1v) is 6.61. The molecular formula is C13H28N2O2. The van der Waals surface area contributed by atoms with Crippen molar-refractivity contribution in [3.05, 3.63) is 0 Å². The Hall–Kier alpha value is -1.06. The molecule has 0 radical (unpaired) electrons. The second-order valence-electron chi connectivity index (χ2n) is 3.63. The Labute approximate surface area is 106 Å². The lowest BCUT2D eigenvalue weighted by Crippen LogP contribution is -2.26. The van der Waals surface area contributed by atoms with Crippen LogP contribution in [0.15, 0.2) is 5.10 Å². The second-order valence-corrected chi connectivity index (χ2v) is 3.63. The Morgan fingerprint density at radius 1 is 1.29 bits per heavy atom. The van der Waals surface area contributed by atoms with Crippen molar-refractivity contribution in [1.82, 2.24) is 5.43 Å². The predicted molar refractivity (Wildman–Crippen MR) is 73.2 cm³/mol. The normalized spacial score (nSPS) is 10.6. The lowest BCUT2D eigenvalue weighted by Gasteiger charge is -2.09. The molecule has 4 heteroatoms. The van der Waals surface area contributed by atoms with E-state index in [1.54, 1.807) is 6.92 Å². The summed E-state index contributed by atoms with van der Waals surface area (Å²) in [6, 6.07) is 0. The molecule has 0 saturated heterocycles. The van der Waals surface area contributed by atoms with Gasteiger partial charge in [-0.1, -0.05) is 41.0 Å². The molecule has 0 amide bonds. The molecule has 0 aliphatic heterocycles. The molecule has 0 aromatic rings. The van der Waals surface area contributed by atoms with Gasteiger partial charge < -0.3 is 10.2 Å². The fourth-order valence-corrected chi connectivity index (χ4v) is 1.01. The van der Waals surface area contributed by atoms with E-state index in [0.717, 1.165) is 19.4 Å². The molecule has 1 N–H and O–H groups in total. The number of nitrogens with one attached hydrogen (secondary N) is 1. The van der Waals surface area contributed by atoms with Gasteiger partial charge in [0.1, 0.15) is 5.71 Å². The van der Waals surface area contributed by atoms with Crippen LogP contribution in [-0.2, 0) is 9.53 Å². The molecular weight excluding hydrogens is 216 g/mol. The zero-order chi connectivity index (χ0) is 13.7. The summed E-state index contributed by atoms with van der Waals surface area (Å²) < 4.78 is 4.91. The molecule has 4 nitrogen and oxygen atoms in total. The van der Waals surface area contributed by atoms with Crippen molar-refractivity contribution >= 4 is 11.7 Å².